The second-order valence-corrected chi connectivity index (χ2v) is 18.6. The van der Waals surface area contributed by atoms with Gasteiger partial charge in [0.2, 0.25) is 0 Å². The van der Waals surface area contributed by atoms with Gasteiger partial charge in [-0.05, 0) is 76.6 Å². The molecule has 2 aliphatic rings. The molecule has 0 amide bonds. The van der Waals surface area contributed by atoms with Crippen LogP contribution in [0.15, 0.2) is 97.1 Å². The summed E-state index contributed by atoms with van der Waals surface area (Å²) in [6.07, 6.45) is 6.57. The Bertz CT molecular complexity index is 1890. The maximum atomic E-state index is 13.4. The highest BCUT2D eigenvalue weighted by Crippen LogP contribution is 2.46. The first-order chi connectivity index (χ1) is 31.1. The Morgan fingerprint density at radius 1 is 0.530 bits per heavy atom. The summed E-state index contributed by atoms with van der Waals surface area (Å²) >= 11 is 0. The fraction of sp³-hybridized carbons (Fsp3) is 0.500. The zero-order chi connectivity index (χ0) is 47.6. The third-order valence-electron chi connectivity index (χ3n) is 11.9. The number of fused-ring (bicyclic) bond motifs is 4. The molecule has 0 bridgehead atoms. The zero-order valence-corrected chi connectivity index (χ0v) is 42.0. The Kier molecular flexibility index (Phi) is 22.9. The van der Waals surface area contributed by atoms with E-state index in [0.29, 0.717) is 0 Å². The molecule has 66 heavy (non-hydrogen) atoms. The van der Waals surface area contributed by atoms with Crippen LogP contribution in [0.2, 0.25) is 0 Å². The summed E-state index contributed by atoms with van der Waals surface area (Å²) in [7, 11) is -4.89. The second kappa shape index (κ2) is 26.9. The molecule has 0 aliphatic carbocycles. The van der Waals surface area contributed by atoms with E-state index in [1.807, 2.05) is 111 Å². The summed E-state index contributed by atoms with van der Waals surface area (Å²) in [4.78, 5) is 49.7. The van der Waals surface area contributed by atoms with E-state index in [2.05, 4.69) is 41.5 Å². The van der Waals surface area contributed by atoms with Crippen LogP contribution in [0.3, 0.4) is 0 Å². The number of benzene rings is 4. The van der Waals surface area contributed by atoms with Gasteiger partial charge in [-0.3, -0.25) is 14.2 Å². The van der Waals surface area contributed by atoms with E-state index in [-0.39, 0.29) is 36.6 Å². The number of rotatable bonds is 20. The number of hydrogen-bond acceptors (Lipinski definition) is 8. The van der Waals surface area contributed by atoms with Gasteiger partial charge >= 0.3 is 11.9 Å². The van der Waals surface area contributed by atoms with Crippen molar-refractivity contribution in [3.8, 4) is 23.0 Å². The number of ether oxygens (including phenoxy) is 4. The van der Waals surface area contributed by atoms with Crippen molar-refractivity contribution in [3.05, 3.63) is 119 Å². The molecule has 364 valence electrons. The minimum atomic E-state index is -4.89. The minimum Gasteiger partial charge on any atom is -1.00 e. The van der Waals surface area contributed by atoms with Crippen LogP contribution in [0.1, 0.15) is 128 Å². The second-order valence-electron chi connectivity index (χ2n) is 17.6. The Morgan fingerprint density at radius 3 is 0.955 bits per heavy atom. The first-order valence-corrected chi connectivity index (χ1v) is 25.2. The van der Waals surface area contributed by atoms with Gasteiger partial charge in [0.25, 0.3) is 7.82 Å². The van der Waals surface area contributed by atoms with Gasteiger partial charge in [0.1, 0.15) is 60.1 Å². The third kappa shape index (κ3) is 15.9. The fourth-order valence-corrected chi connectivity index (χ4v) is 10.1. The van der Waals surface area contributed by atoms with Crippen molar-refractivity contribution in [1.82, 2.24) is 0 Å². The summed E-state index contributed by atoms with van der Waals surface area (Å²) in [6.45, 7) is 26.1. The van der Waals surface area contributed by atoms with Crippen LogP contribution in [0.25, 0.3) is 0 Å². The molecular formula is C52H74ClN2O10P. The highest BCUT2D eigenvalue weighted by molar-refractivity contribution is 7.43. The van der Waals surface area contributed by atoms with Crippen molar-refractivity contribution >= 4 is 19.8 Å². The molecule has 2 heterocycles. The summed E-state index contributed by atoms with van der Waals surface area (Å²) in [5.41, 5.74) is 3.52. The lowest BCUT2D eigenvalue weighted by Crippen LogP contribution is -3.00. The molecule has 2 aliphatic heterocycles. The number of quaternary nitrogens is 2. The molecule has 2 atom stereocenters. The molecule has 0 spiro atoms. The van der Waals surface area contributed by atoms with Crippen molar-refractivity contribution in [3.63, 3.8) is 0 Å². The van der Waals surface area contributed by atoms with Gasteiger partial charge in [-0.25, -0.2) is 0 Å². The van der Waals surface area contributed by atoms with Crippen LogP contribution in [0.5, 0.6) is 23.0 Å². The molecule has 2 N–H and O–H groups in total. The minimum absolute atomic E-state index is 0. The van der Waals surface area contributed by atoms with E-state index in [1.54, 1.807) is 0 Å². The maximum Gasteiger partial charge on any atom is 0.318 e. The van der Waals surface area contributed by atoms with E-state index < -0.39 is 19.7 Å². The fourth-order valence-electron chi connectivity index (χ4n) is 10.1. The summed E-state index contributed by atoms with van der Waals surface area (Å²) in [5.74, 6) is 1.68. The van der Waals surface area contributed by atoms with Crippen LogP contribution in [0, 0.1) is 0 Å². The van der Waals surface area contributed by atoms with Crippen LogP contribution in [-0.2, 0) is 23.6 Å². The third-order valence-corrected chi connectivity index (χ3v) is 11.9. The van der Waals surface area contributed by atoms with Crippen LogP contribution in [0.4, 0.5) is 0 Å². The average Bonchev–Trinajstić information content (AvgIpc) is 3.24. The quantitative estimate of drug-likeness (QED) is 0.0527. The van der Waals surface area contributed by atoms with Crippen molar-refractivity contribution in [2.75, 3.05) is 52.4 Å². The van der Waals surface area contributed by atoms with Gasteiger partial charge in [0, 0.05) is 22.3 Å². The highest BCUT2D eigenvalue weighted by atomic mass is 35.5. The van der Waals surface area contributed by atoms with Crippen LogP contribution < -0.4 is 26.8 Å². The molecule has 0 radical (unpaired) electrons. The number of para-hydroxylation sites is 4. The molecule has 4 aromatic carbocycles. The molecule has 0 fully saturated rings. The SMILES string of the molecule is CCC[N+](CCC)(CCC)CC(C)OC(=O)C1c2ccccc2Oc2ccccc21.CCC[N+](CCC)(CCC)CC(C)OC(=O)C1c2ccccc2Oc2ccccc21.O=P([O-])(O)O.[Cl-]. The molecule has 0 saturated carbocycles. The standard InChI is InChI=1S/2C26H36NO3.ClH.H3O4P/c2*1-5-16-27(17-6-2,18-7-3)19-20(4)29-26(28)25-21-12-8-10-14-23(21)30-24-15-11-9-13-22(24)25;;1-5(2,3)4/h2*8-15,20,25H,5-7,16-19H2,1-4H3;1H;(H3,1,2,3,4)/q2*+1;;/p-2. The highest BCUT2D eigenvalue weighted by Gasteiger charge is 2.38. The van der Waals surface area contributed by atoms with Crippen LogP contribution in [-0.4, -0.2) is 95.3 Å². The van der Waals surface area contributed by atoms with Crippen molar-refractivity contribution in [2.45, 2.75) is 118 Å². The van der Waals surface area contributed by atoms with Crippen molar-refractivity contribution < 1.29 is 69.2 Å². The number of carbonyl (C=O) groups excluding carboxylic acids is 2. The number of halogens is 1. The predicted octanol–water partition coefficient (Wildman–Crippen LogP) is 7.25. The molecule has 0 aromatic heterocycles. The molecule has 0 saturated heterocycles. The molecular weight excluding hydrogens is 879 g/mol. The van der Waals surface area contributed by atoms with Gasteiger partial charge in [0.15, 0.2) is 0 Å². The lowest BCUT2D eigenvalue weighted by atomic mass is 9.88. The van der Waals surface area contributed by atoms with Gasteiger partial charge in [0.05, 0.1) is 39.3 Å². The normalized spacial score (nSPS) is 14.0. The largest absolute Gasteiger partial charge is 1.00 e. The smallest absolute Gasteiger partial charge is 0.318 e. The summed E-state index contributed by atoms with van der Waals surface area (Å²) in [5, 5.41) is 0. The lowest BCUT2D eigenvalue weighted by Gasteiger charge is -2.40. The molecule has 6 rings (SSSR count). The average molecular weight is 954 g/mol. The van der Waals surface area contributed by atoms with E-state index in [0.717, 1.165) is 145 Å². The first kappa shape index (κ1) is 56.1. The number of nitrogens with zero attached hydrogens (tertiary/aromatic N) is 2. The first-order valence-electron chi connectivity index (χ1n) is 23.7. The zero-order valence-electron chi connectivity index (χ0n) is 40.3. The monoisotopic (exact) mass is 952 g/mol. The van der Waals surface area contributed by atoms with E-state index >= 15 is 0 Å². The number of hydrogen-bond donors (Lipinski definition) is 2. The Hall–Kier alpha value is -4.26. The molecule has 12 nitrogen and oxygen atoms in total. The maximum absolute atomic E-state index is 13.4. The van der Waals surface area contributed by atoms with E-state index in [1.165, 1.54) is 0 Å². The lowest BCUT2D eigenvalue weighted by molar-refractivity contribution is -0.930. The molecule has 4 aromatic rings. The van der Waals surface area contributed by atoms with Gasteiger partial charge in [-0.2, -0.15) is 0 Å². The van der Waals surface area contributed by atoms with Crippen molar-refractivity contribution in [2.24, 2.45) is 0 Å². The van der Waals surface area contributed by atoms with Gasteiger partial charge in [-0.1, -0.05) is 114 Å². The van der Waals surface area contributed by atoms with Crippen molar-refractivity contribution in [1.29, 1.82) is 0 Å². The Morgan fingerprint density at radius 2 is 0.742 bits per heavy atom. The molecule has 14 heteroatoms. The van der Waals surface area contributed by atoms with E-state index in [4.69, 9.17) is 38.2 Å². The topological polar surface area (TPSA) is 152 Å². The number of carbonyl (C=O) groups is 2. The number of phosphoric acid groups is 1. The van der Waals surface area contributed by atoms with Gasteiger partial charge < -0.3 is 55.0 Å². The Balaban J connectivity index is 0.000000313. The summed E-state index contributed by atoms with van der Waals surface area (Å²) in [6, 6.07) is 31.1. The van der Waals surface area contributed by atoms with E-state index in [9.17, 15) is 9.59 Å². The van der Waals surface area contributed by atoms with Crippen LogP contribution >= 0.6 is 7.82 Å². The summed E-state index contributed by atoms with van der Waals surface area (Å²) < 4.78 is 35.1. The molecule has 2 unspecified atom stereocenters. The van der Waals surface area contributed by atoms with Gasteiger partial charge in [-0.15, -0.1) is 0 Å². The number of esters is 2. The predicted molar refractivity (Wildman–Crippen MR) is 254 cm³/mol. The Labute approximate surface area is 400 Å².